The molecule has 0 saturated carbocycles. The molecule has 0 spiro atoms. The molecule has 0 aliphatic carbocycles. The quantitative estimate of drug-likeness (QED) is 0.890. The number of aromatic nitrogens is 2. The van der Waals surface area contributed by atoms with E-state index in [1.807, 2.05) is 18.2 Å². The number of fused-ring (bicyclic) bond motifs is 1. The Balaban J connectivity index is 1.98. The summed E-state index contributed by atoms with van der Waals surface area (Å²) in [4.78, 5) is 16.4. The standard InChI is InChI=1S/C16H20N4O/c1-17-15(21)8-10-20-14-7-9-18-11-13(14)19-16(20)12-5-3-2-4-6-12/h2-6,18H,7-11H2,1H3,(H,17,21). The van der Waals surface area contributed by atoms with Gasteiger partial charge in [-0.1, -0.05) is 30.3 Å². The summed E-state index contributed by atoms with van der Waals surface area (Å²) in [6.45, 7) is 2.45. The fourth-order valence-corrected chi connectivity index (χ4v) is 2.76. The lowest BCUT2D eigenvalue weighted by molar-refractivity contribution is -0.120. The minimum absolute atomic E-state index is 0.0606. The van der Waals surface area contributed by atoms with Crippen LogP contribution in [0.1, 0.15) is 17.8 Å². The van der Waals surface area contributed by atoms with Crippen LogP contribution >= 0.6 is 0 Å². The van der Waals surface area contributed by atoms with Crippen LogP contribution < -0.4 is 10.6 Å². The lowest BCUT2D eigenvalue weighted by atomic mass is 10.1. The van der Waals surface area contributed by atoms with E-state index in [4.69, 9.17) is 4.98 Å². The summed E-state index contributed by atoms with van der Waals surface area (Å²) >= 11 is 0. The molecule has 0 saturated heterocycles. The largest absolute Gasteiger partial charge is 0.359 e. The van der Waals surface area contributed by atoms with Crippen molar-refractivity contribution in [3.63, 3.8) is 0 Å². The van der Waals surface area contributed by atoms with Crippen molar-refractivity contribution in [1.29, 1.82) is 0 Å². The van der Waals surface area contributed by atoms with Gasteiger partial charge in [0.2, 0.25) is 5.91 Å². The summed E-state index contributed by atoms with van der Waals surface area (Å²) in [5.41, 5.74) is 3.47. The fourth-order valence-electron chi connectivity index (χ4n) is 2.76. The third-order valence-electron chi connectivity index (χ3n) is 3.86. The summed E-state index contributed by atoms with van der Waals surface area (Å²) in [7, 11) is 1.67. The van der Waals surface area contributed by atoms with Crippen molar-refractivity contribution in [3.8, 4) is 11.4 Å². The Kier molecular flexibility index (Phi) is 4.01. The van der Waals surface area contributed by atoms with Crippen LogP contribution in [-0.2, 0) is 24.3 Å². The number of hydrogen-bond acceptors (Lipinski definition) is 3. The van der Waals surface area contributed by atoms with Crippen LogP contribution in [0, 0.1) is 0 Å². The number of nitrogens with one attached hydrogen (secondary N) is 2. The van der Waals surface area contributed by atoms with Crippen molar-refractivity contribution in [1.82, 2.24) is 20.2 Å². The maximum Gasteiger partial charge on any atom is 0.221 e. The van der Waals surface area contributed by atoms with Crippen LogP contribution in [0.2, 0.25) is 0 Å². The zero-order chi connectivity index (χ0) is 14.7. The predicted octanol–water partition coefficient (Wildman–Crippen LogP) is 1.33. The second kappa shape index (κ2) is 6.10. The Hall–Kier alpha value is -2.14. The number of rotatable bonds is 4. The molecule has 1 aromatic heterocycles. The Bertz CT molecular complexity index is 633. The molecule has 1 amide bonds. The van der Waals surface area contributed by atoms with Crippen LogP contribution in [-0.4, -0.2) is 29.1 Å². The molecule has 2 heterocycles. The molecule has 0 bridgehead atoms. The predicted molar refractivity (Wildman–Crippen MR) is 81.8 cm³/mol. The first-order valence-corrected chi connectivity index (χ1v) is 7.34. The molecule has 2 N–H and O–H groups in total. The molecule has 2 aromatic rings. The number of imidazole rings is 1. The van der Waals surface area contributed by atoms with Crippen LogP contribution in [0.25, 0.3) is 11.4 Å². The van der Waals surface area contributed by atoms with Gasteiger partial charge < -0.3 is 15.2 Å². The first-order chi connectivity index (χ1) is 10.3. The SMILES string of the molecule is CNC(=O)CCn1c(-c2ccccc2)nc2c1CCNC2. The van der Waals surface area contributed by atoms with Crippen molar-refractivity contribution in [2.45, 2.75) is 25.9 Å². The Morgan fingerprint density at radius 1 is 1.38 bits per heavy atom. The number of nitrogens with zero attached hydrogens (tertiary/aromatic N) is 2. The van der Waals surface area contributed by atoms with E-state index >= 15 is 0 Å². The molecular formula is C16H20N4O. The first kappa shape index (κ1) is 13.8. The molecule has 5 heteroatoms. The maximum atomic E-state index is 11.6. The first-order valence-electron chi connectivity index (χ1n) is 7.34. The van der Waals surface area contributed by atoms with Crippen molar-refractivity contribution in [2.24, 2.45) is 0 Å². The van der Waals surface area contributed by atoms with Crippen LogP contribution in [0.15, 0.2) is 30.3 Å². The molecule has 0 atom stereocenters. The molecule has 1 aliphatic heterocycles. The highest BCUT2D eigenvalue weighted by atomic mass is 16.1. The molecule has 0 radical (unpaired) electrons. The highest BCUT2D eigenvalue weighted by Gasteiger charge is 2.20. The average Bonchev–Trinajstić information content (AvgIpc) is 2.92. The van der Waals surface area contributed by atoms with Crippen molar-refractivity contribution < 1.29 is 4.79 Å². The van der Waals surface area contributed by atoms with Gasteiger partial charge in [0.25, 0.3) is 0 Å². The van der Waals surface area contributed by atoms with Gasteiger partial charge in [0.15, 0.2) is 0 Å². The molecule has 0 unspecified atom stereocenters. The Labute approximate surface area is 124 Å². The van der Waals surface area contributed by atoms with Gasteiger partial charge in [-0.3, -0.25) is 4.79 Å². The van der Waals surface area contributed by atoms with Gasteiger partial charge in [-0.25, -0.2) is 4.98 Å². The molecule has 0 fully saturated rings. The lowest BCUT2D eigenvalue weighted by Crippen LogP contribution is -2.26. The van der Waals surface area contributed by atoms with Gasteiger partial charge in [0, 0.05) is 50.8 Å². The molecule has 1 aromatic carbocycles. The topological polar surface area (TPSA) is 59.0 Å². The highest BCUT2D eigenvalue weighted by molar-refractivity contribution is 5.75. The van der Waals surface area contributed by atoms with E-state index in [-0.39, 0.29) is 5.91 Å². The van der Waals surface area contributed by atoms with Crippen molar-refractivity contribution >= 4 is 5.91 Å². The van der Waals surface area contributed by atoms with E-state index < -0.39 is 0 Å². The van der Waals surface area contributed by atoms with Crippen LogP contribution in [0.4, 0.5) is 0 Å². The second-order valence-electron chi connectivity index (χ2n) is 5.20. The van der Waals surface area contributed by atoms with E-state index in [1.54, 1.807) is 7.05 Å². The third kappa shape index (κ3) is 2.83. The van der Waals surface area contributed by atoms with Crippen LogP contribution in [0.5, 0.6) is 0 Å². The van der Waals surface area contributed by atoms with Gasteiger partial charge in [0.05, 0.1) is 5.69 Å². The van der Waals surface area contributed by atoms with Gasteiger partial charge in [-0.05, 0) is 0 Å². The minimum atomic E-state index is 0.0606. The van der Waals surface area contributed by atoms with Gasteiger partial charge >= 0.3 is 0 Å². The Morgan fingerprint density at radius 2 is 2.19 bits per heavy atom. The van der Waals surface area contributed by atoms with Crippen molar-refractivity contribution in [3.05, 3.63) is 41.7 Å². The lowest BCUT2D eigenvalue weighted by Gasteiger charge is -2.16. The summed E-state index contributed by atoms with van der Waals surface area (Å²) < 4.78 is 2.21. The summed E-state index contributed by atoms with van der Waals surface area (Å²) in [5.74, 6) is 1.03. The Morgan fingerprint density at radius 3 is 2.95 bits per heavy atom. The number of amides is 1. The third-order valence-corrected chi connectivity index (χ3v) is 3.86. The zero-order valence-electron chi connectivity index (χ0n) is 12.2. The van der Waals surface area contributed by atoms with Gasteiger partial charge in [0.1, 0.15) is 5.82 Å². The number of hydrogen-bond donors (Lipinski definition) is 2. The van der Waals surface area contributed by atoms with Crippen LogP contribution in [0.3, 0.4) is 0 Å². The molecule has 1 aliphatic rings. The second-order valence-corrected chi connectivity index (χ2v) is 5.20. The molecule has 110 valence electrons. The van der Waals surface area contributed by atoms with Gasteiger partial charge in [-0.15, -0.1) is 0 Å². The van der Waals surface area contributed by atoms with E-state index in [9.17, 15) is 4.79 Å². The molecular weight excluding hydrogens is 264 g/mol. The molecule has 5 nitrogen and oxygen atoms in total. The fraction of sp³-hybridized carbons (Fsp3) is 0.375. The summed E-state index contributed by atoms with van der Waals surface area (Å²) in [5, 5.41) is 6.04. The van der Waals surface area contributed by atoms with Crippen molar-refractivity contribution in [2.75, 3.05) is 13.6 Å². The summed E-state index contributed by atoms with van der Waals surface area (Å²) in [6, 6.07) is 10.2. The molecule has 3 rings (SSSR count). The molecule has 21 heavy (non-hydrogen) atoms. The van der Waals surface area contributed by atoms with E-state index in [0.29, 0.717) is 13.0 Å². The minimum Gasteiger partial charge on any atom is -0.359 e. The average molecular weight is 284 g/mol. The number of benzene rings is 1. The maximum absolute atomic E-state index is 11.6. The zero-order valence-corrected chi connectivity index (χ0v) is 12.2. The number of carbonyl (C=O) groups is 1. The smallest absolute Gasteiger partial charge is 0.221 e. The monoisotopic (exact) mass is 284 g/mol. The van der Waals surface area contributed by atoms with E-state index in [2.05, 4.69) is 27.3 Å². The number of carbonyl (C=O) groups excluding carboxylic acids is 1. The van der Waals surface area contributed by atoms with E-state index in [1.165, 1.54) is 5.69 Å². The van der Waals surface area contributed by atoms with E-state index in [0.717, 1.165) is 36.6 Å². The highest BCUT2D eigenvalue weighted by Crippen LogP contribution is 2.24. The summed E-state index contributed by atoms with van der Waals surface area (Å²) in [6.07, 6.45) is 1.44. The normalized spacial score (nSPS) is 13.8. The van der Waals surface area contributed by atoms with Gasteiger partial charge in [-0.2, -0.15) is 0 Å².